The van der Waals surface area contributed by atoms with Gasteiger partial charge in [-0.15, -0.1) is 0 Å². The summed E-state index contributed by atoms with van der Waals surface area (Å²) in [6.07, 6.45) is 0. The minimum Gasteiger partial charge on any atom is -0.454 e. The summed E-state index contributed by atoms with van der Waals surface area (Å²) >= 11 is 0. The summed E-state index contributed by atoms with van der Waals surface area (Å²) in [6, 6.07) is 16.4. The van der Waals surface area contributed by atoms with Crippen LogP contribution in [0, 0.1) is 11.6 Å². The molecule has 0 aromatic heterocycles. The molecule has 0 heterocycles. The van der Waals surface area contributed by atoms with Gasteiger partial charge in [0.1, 0.15) is 11.6 Å². The van der Waals surface area contributed by atoms with Crippen molar-refractivity contribution in [1.29, 1.82) is 0 Å². The van der Waals surface area contributed by atoms with Crippen molar-refractivity contribution in [3.8, 4) is 11.5 Å². The minimum atomic E-state index is -0.715. The van der Waals surface area contributed by atoms with Gasteiger partial charge in [-0.1, -0.05) is 36.4 Å². The number of hydrogen-bond donors (Lipinski definition) is 0. The maximum Gasteiger partial charge on any atom is 0.168 e. The van der Waals surface area contributed by atoms with E-state index in [4.69, 9.17) is 4.74 Å². The fourth-order valence-corrected chi connectivity index (χ4v) is 1.96. The summed E-state index contributed by atoms with van der Waals surface area (Å²) < 4.78 is 32.0. The molecule has 0 amide bonds. The SMILES string of the molecule is Fc1ccc(Oc2cccc3ccccc23)c(F)c1. The first-order chi connectivity index (χ1) is 9.24. The highest BCUT2D eigenvalue weighted by Crippen LogP contribution is 2.31. The van der Waals surface area contributed by atoms with Gasteiger partial charge in [-0.05, 0) is 23.6 Å². The first-order valence-corrected chi connectivity index (χ1v) is 5.85. The molecule has 1 nitrogen and oxygen atoms in total. The van der Waals surface area contributed by atoms with E-state index >= 15 is 0 Å². The van der Waals surface area contributed by atoms with E-state index in [0.29, 0.717) is 5.75 Å². The molecular formula is C16H10F2O. The third-order valence-electron chi connectivity index (χ3n) is 2.86. The number of fused-ring (bicyclic) bond motifs is 1. The lowest BCUT2D eigenvalue weighted by atomic mass is 10.1. The first kappa shape index (κ1) is 11.7. The number of halogens is 2. The molecule has 0 unspecified atom stereocenters. The molecule has 0 spiro atoms. The molecule has 3 heteroatoms. The highest BCUT2D eigenvalue weighted by atomic mass is 19.1. The van der Waals surface area contributed by atoms with Crippen molar-refractivity contribution >= 4 is 10.8 Å². The smallest absolute Gasteiger partial charge is 0.168 e. The molecule has 0 radical (unpaired) electrons. The quantitative estimate of drug-likeness (QED) is 0.633. The van der Waals surface area contributed by atoms with Crippen LogP contribution in [-0.4, -0.2) is 0 Å². The maximum atomic E-state index is 13.6. The van der Waals surface area contributed by atoms with Gasteiger partial charge in [0.25, 0.3) is 0 Å². The predicted molar refractivity (Wildman–Crippen MR) is 70.4 cm³/mol. The summed E-state index contributed by atoms with van der Waals surface area (Å²) in [4.78, 5) is 0. The Labute approximate surface area is 109 Å². The molecule has 0 atom stereocenters. The lowest BCUT2D eigenvalue weighted by Crippen LogP contribution is -1.90. The van der Waals surface area contributed by atoms with Crippen molar-refractivity contribution < 1.29 is 13.5 Å². The summed E-state index contributed by atoms with van der Waals surface area (Å²) in [6.45, 7) is 0. The van der Waals surface area contributed by atoms with E-state index in [9.17, 15) is 8.78 Å². The van der Waals surface area contributed by atoms with Gasteiger partial charge in [0, 0.05) is 11.5 Å². The second-order valence-electron chi connectivity index (χ2n) is 4.15. The molecule has 0 saturated heterocycles. The van der Waals surface area contributed by atoms with Gasteiger partial charge in [0.05, 0.1) is 0 Å². The number of ether oxygens (including phenoxy) is 1. The van der Waals surface area contributed by atoms with Crippen molar-refractivity contribution in [3.05, 3.63) is 72.3 Å². The molecule has 0 N–H and O–H groups in total. The maximum absolute atomic E-state index is 13.6. The topological polar surface area (TPSA) is 9.23 Å². The Morgan fingerprint density at radius 3 is 2.37 bits per heavy atom. The lowest BCUT2D eigenvalue weighted by molar-refractivity contribution is 0.441. The van der Waals surface area contributed by atoms with Gasteiger partial charge in [0.15, 0.2) is 11.6 Å². The molecule has 94 valence electrons. The van der Waals surface area contributed by atoms with Crippen LogP contribution in [0.1, 0.15) is 0 Å². The molecule has 0 aliphatic heterocycles. The van der Waals surface area contributed by atoms with Crippen molar-refractivity contribution in [2.75, 3.05) is 0 Å². The number of benzene rings is 3. The molecule has 3 aromatic rings. The monoisotopic (exact) mass is 256 g/mol. The fourth-order valence-electron chi connectivity index (χ4n) is 1.96. The normalized spacial score (nSPS) is 10.6. The standard InChI is InChI=1S/C16H10F2O/c17-12-8-9-16(14(18)10-12)19-15-7-3-5-11-4-1-2-6-13(11)15/h1-10H. The zero-order valence-corrected chi connectivity index (χ0v) is 9.94. The molecule has 0 saturated carbocycles. The van der Waals surface area contributed by atoms with Crippen LogP contribution in [0.4, 0.5) is 8.78 Å². The second-order valence-corrected chi connectivity index (χ2v) is 4.15. The van der Waals surface area contributed by atoms with Gasteiger partial charge in [-0.2, -0.15) is 0 Å². The third kappa shape index (κ3) is 2.27. The Bertz CT molecular complexity index is 732. The van der Waals surface area contributed by atoms with Crippen LogP contribution in [0.2, 0.25) is 0 Å². The predicted octanol–water partition coefficient (Wildman–Crippen LogP) is 4.91. The second kappa shape index (κ2) is 4.69. The zero-order chi connectivity index (χ0) is 13.2. The van der Waals surface area contributed by atoms with Gasteiger partial charge < -0.3 is 4.74 Å². The zero-order valence-electron chi connectivity index (χ0n) is 9.94. The van der Waals surface area contributed by atoms with Crippen LogP contribution in [0.25, 0.3) is 10.8 Å². The van der Waals surface area contributed by atoms with E-state index in [2.05, 4.69) is 0 Å². The Morgan fingerprint density at radius 2 is 1.53 bits per heavy atom. The molecule has 0 bridgehead atoms. The van der Waals surface area contributed by atoms with E-state index in [1.807, 2.05) is 36.4 Å². The Hall–Kier alpha value is -2.42. The van der Waals surface area contributed by atoms with Crippen LogP contribution in [0.3, 0.4) is 0 Å². The Morgan fingerprint density at radius 1 is 0.737 bits per heavy atom. The lowest BCUT2D eigenvalue weighted by Gasteiger charge is -2.09. The molecule has 0 fully saturated rings. The van der Waals surface area contributed by atoms with Crippen LogP contribution < -0.4 is 4.74 Å². The first-order valence-electron chi connectivity index (χ1n) is 5.85. The molecule has 3 rings (SSSR count). The van der Waals surface area contributed by atoms with E-state index in [1.54, 1.807) is 6.07 Å². The molecule has 3 aromatic carbocycles. The highest BCUT2D eigenvalue weighted by Gasteiger charge is 2.08. The van der Waals surface area contributed by atoms with Crippen LogP contribution >= 0.6 is 0 Å². The summed E-state index contributed by atoms with van der Waals surface area (Å²) in [5.41, 5.74) is 0. The Balaban J connectivity index is 2.06. The average Bonchev–Trinajstić information content (AvgIpc) is 2.42. The molecular weight excluding hydrogens is 246 g/mol. The third-order valence-corrected chi connectivity index (χ3v) is 2.86. The average molecular weight is 256 g/mol. The number of rotatable bonds is 2. The van der Waals surface area contributed by atoms with Crippen molar-refractivity contribution in [3.63, 3.8) is 0 Å². The highest BCUT2D eigenvalue weighted by molar-refractivity contribution is 5.88. The Kier molecular flexibility index (Phi) is 2.88. The van der Waals surface area contributed by atoms with E-state index in [-0.39, 0.29) is 5.75 Å². The summed E-state index contributed by atoms with van der Waals surface area (Å²) in [5, 5.41) is 1.89. The van der Waals surface area contributed by atoms with Crippen molar-refractivity contribution in [1.82, 2.24) is 0 Å². The van der Waals surface area contributed by atoms with Gasteiger partial charge in [-0.3, -0.25) is 0 Å². The largest absolute Gasteiger partial charge is 0.454 e. The minimum absolute atomic E-state index is 0.0118. The molecule has 0 aliphatic carbocycles. The van der Waals surface area contributed by atoms with E-state index in [1.165, 1.54) is 12.1 Å². The van der Waals surface area contributed by atoms with Crippen LogP contribution in [-0.2, 0) is 0 Å². The van der Waals surface area contributed by atoms with Gasteiger partial charge in [0.2, 0.25) is 0 Å². The summed E-state index contributed by atoms with van der Waals surface area (Å²) in [7, 11) is 0. The fraction of sp³-hybridized carbons (Fsp3) is 0. The van der Waals surface area contributed by atoms with Crippen molar-refractivity contribution in [2.24, 2.45) is 0 Å². The van der Waals surface area contributed by atoms with E-state index < -0.39 is 11.6 Å². The van der Waals surface area contributed by atoms with Crippen LogP contribution in [0.5, 0.6) is 11.5 Å². The van der Waals surface area contributed by atoms with E-state index in [0.717, 1.165) is 16.8 Å². The molecule has 0 aliphatic rings. The molecule has 19 heavy (non-hydrogen) atoms. The van der Waals surface area contributed by atoms with Crippen LogP contribution in [0.15, 0.2) is 60.7 Å². The number of hydrogen-bond acceptors (Lipinski definition) is 1. The summed E-state index contributed by atoms with van der Waals surface area (Å²) in [5.74, 6) is -0.780. The van der Waals surface area contributed by atoms with Gasteiger partial charge >= 0.3 is 0 Å². The van der Waals surface area contributed by atoms with Gasteiger partial charge in [-0.25, -0.2) is 8.78 Å². The van der Waals surface area contributed by atoms with Crippen molar-refractivity contribution in [2.45, 2.75) is 0 Å².